The first-order chi connectivity index (χ1) is 9.40. The van der Waals surface area contributed by atoms with Gasteiger partial charge < -0.3 is 9.64 Å². The number of non-ortho nitro benzene ring substituents is 1. The van der Waals surface area contributed by atoms with Crippen LogP contribution in [0, 0.1) is 10.1 Å². The molecule has 1 heterocycles. The lowest BCUT2D eigenvalue weighted by Crippen LogP contribution is -2.04. The highest BCUT2D eigenvalue weighted by Gasteiger charge is 2.28. The van der Waals surface area contributed by atoms with Gasteiger partial charge in [-0.15, -0.1) is 0 Å². The second-order valence-corrected chi connectivity index (χ2v) is 4.65. The van der Waals surface area contributed by atoms with Gasteiger partial charge in [0.25, 0.3) is 5.69 Å². The van der Waals surface area contributed by atoms with Crippen LogP contribution in [0.15, 0.2) is 41.8 Å². The van der Waals surface area contributed by atoms with Crippen LogP contribution in [0.3, 0.4) is 0 Å². The minimum Gasteiger partial charge on any atom is -0.421 e. The van der Waals surface area contributed by atoms with Crippen LogP contribution in [0.5, 0.6) is 0 Å². The Morgan fingerprint density at radius 1 is 1.25 bits per heavy atom. The molecule has 0 aromatic heterocycles. The van der Waals surface area contributed by atoms with Gasteiger partial charge in [-0.25, -0.2) is 4.79 Å². The van der Waals surface area contributed by atoms with Crippen LogP contribution in [0.1, 0.15) is 12.5 Å². The Balaban J connectivity index is 2.43. The molecule has 6 heteroatoms. The number of nitro benzene ring substituents is 1. The molecule has 2 rings (SSSR count). The summed E-state index contributed by atoms with van der Waals surface area (Å²) in [6.45, 7) is 1.79. The first kappa shape index (κ1) is 13.8. The Hall–Kier alpha value is -2.63. The quantitative estimate of drug-likeness (QED) is 0.480. The molecule has 0 aliphatic carbocycles. The summed E-state index contributed by atoms with van der Waals surface area (Å²) in [5.41, 5.74) is 1.76. The van der Waals surface area contributed by atoms with E-state index in [-0.39, 0.29) is 5.69 Å². The molecule has 0 saturated heterocycles. The summed E-state index contributed by atoms with van der Waals surface area (Å²) in [5, 5.41) is 10.6. The maximum Gasteiger partial charge on any atom is 0.344 e. The number of cyclic esters (lactones) is 1. The molecular weight excluding hydrogens is 260 g/mol. The second-order valence-electron chi connectivity index (χ2n) is 4.65. The van der Waals surface area contributed by atoms with Gasteiger partial charge in [0.15, 0.2) is 5.76 Å². The van der Waals surface area contributed by atoms with Gasteiger partial charge in [0, 0.05) is 38.0 Å². The predicted octanol–water partition coefficient (Wildman–Crippen LogP) is 2.33. The molecule has 0 N–H and O–H groups in total. The number of carbonyl (C=O) groups is 1. The van der Waals surface area contributed by atoms with Gasteiger partial charge in [0.2, 0.25) is 0 Å². The predicted molar refractivity (Wildman–Crippen MR) is 73.6 cm³/mol. The van der Waals surface area contributed by atoms with E-state index in [4.69, 9.17) is 4.74 Å². The van der Waals surface area contributed by atoms with E-state index >= 15 is 0 Å². The summed E-state index contributed by atoms with van der Waals surface area (Å²) in [7, 11) is 3.66. The van der Waals surface area contributed by atoms with Crippen LogP contribution in [0.2, 0.25) is 0 Å². The normalized spacial score (nSPS) is 16.6. The Morgan fingerprint density at radius 2 is 1.85 bits per heavy atom. The highest BCUT2D eigenvalue weighted by atomic mass is 16.6. The van der Waals surface area contributed by atoms with Gasteiger partial charge in [-0.2, -0.15) is 0 Å². The first-order valence-corrected chi connectivity index (χ1v) is 5.96. The van der Waals surface area contributed by atoms with Crippen LogP contribution in [0.25, 0.3) is 5.57 Å². The van der Waals surface area contributed by atoms with E-state index in [9.17, 15) is 14.9 Å². The Kier molecular flexibility index (Phi) is 3.56. The lowest BCUT2D eigenvalue weighted by atomic mass is 10.0. The summed E-state index contributed by atoms with van der Waals surface area (Å²) in [5.74, 6) is 0.0535. The molecule has 0 amide bonds. The van der Waals surface area contributed by atoms with E-state index in [0.717, 1.165) is 5.57 Å². The van der Waals surface area contributed by atoms with Crippen molar-refractivity contribution >= 4 is 17.2 Å². The molecule has 0 bridgehead atoms. The molecular formula is C14H14N2O4. The minimum absolute atomic E-state index is 0.0116. The number of nitrogens with zero attached hydrogens (tertiary/aromatic N) is 2. The van der Waals surface area contributed by atoms with Crippen LogP contribution >= 0.6 is 0 Å². The molecule has 1 aliphatic rings. The number of hydrogen-bond acceptors (Lipinski definition) is 5. The molecule has 6 nitrogen and oxygen atoms in total. The van der Waals surface area contributed by atoms with E-state index in [0.29, 0.717) is 16.9 Å². The SMILES string of the molecule is CC1=C(c2ccc([N+](=O)[O-])cc2)C(=O)OC1=CN(C)C. The Labute approximate surface area is 116 Å². The molecule has 0 spiro atoms. The number of nitro groups is 1. The van der Waals surface area contributed by atoms with Gasteiger partial charge in [-0.05, 0) is 24.6 Å². The summed E-state index contributed by atoms with van der Waals surface area (Å²) < 4.78 is 5.20. The number of esters is 1. The summed E-state index contributed by atoms with van der Waals surface area (Å²) in [4.78, 5) is 23.9. The number of carbonyl (C=O) groups excluding carboxylic acids is 1. The van der Waals surface area contributed by atoms with Crippen molar-refractivity contribution in [1.82, 2.24) is 4.90 Å². The smallest absolute Gasteiger partial charge is 0.344 e. The van der Waals surface area contributed by atoms with Crippen LogP contribution < -0.4 is 0 Å². The molecule has 1 aliphatic heterocycles. The number of benzene rings is 1. The van der Waals surface area contributed by atoms with E-state index in [2.05, 4.69) is 0 Å². The average molecular weight is 274 g/mol. The second kappa shape index (κ2) is 5.16. The van der Waals surface area contributed by atoms with Crippen molar-refractivity contribution in [3.63, 3.8) is 0 Å². The molecule has 1 aromatic rings. The molecule has 0 unspecified atom stereocenters. The van der Waals surface area contributed by atoms with E-state index in [1.807, 2.05) is 14.1 Å². The number of hydrogen-bond donors (Lipinski definition) is 0. The van der Waals surface area contributed by atoms with Crippen molar-refractivity contribution in [2.24, 2.45) is 0 Å². The fourth-order valence-electron chi connectivity index (χ4n) is 1.95. The fraction of sp³-hybridized carbons (Fsp3) is 0.214. The third kappa shape index (κ3) is 2.54. The van der Waals surface area contributed by atoms with Gasteiger partial charge in [0.1, 0.15) is 0 Å². The highest BCUT2D eigenvalue weighted by molar-refractivity contribution is 6.21. The van der Waals surface area contributed by atoms with E-state index < -0.39 is 10.9 Å². The van der Waals surface area contributed by atoms with E-state index in [1.165, 1.54) is 12.1 Å². The highest BCUT2D eigenvalue weighted by Crippen LogP contribution is 2.33. The third-order valence-electron chi connectivity index (χ3n) is 2.89. The van der Waals surface area contributed by atoms with Gasteiger partial charge in [-0.3, -0.25) is 10.1 Å². The Morgan fingerprint density at radius 3 is 2.35 bits per heavy atom. The number of ether oxygens (including phenoxy) is 1. The van der Waals surface area contributed by atoms with Crippen molar-refractivity contribution < 1.29 is 14.5 Å². The zero-order chi connectivity index (χ0) is 14.9. The summed E-state index contributed by atoms with van der Waals surface area (Å²) in [6.07, 6.45) is 1.71. The molecule has 20 heavy (non-hydrogen) atoms. The summed E-state index contributed by atoms with van der Waals surface area (Å²) in [6, 6.07) is 5.85. The molecule has 0 radical (unpaired) electrons. The van der Waals surface area contributed by atoms with Crippen LogP contribution in [-0.2, 0) is 9.53 Å². The van der Waals surface area contributed by atoms with Crippen LogP contribution in [-0.4, -0.2) is 29.9 Å². The van der Waals surface area contributed by atoms with Crippen molar-refractivity contribution in [2.45, 2.75) is 6.92 Å². The van der Waals surface area contributed by atoms with Crippen molar-refractivity contribution in [2.75, 3.05) is 14.1 Å². The lowest BCUT2D eigenvalue weighted by Gasteiger charge is -2.06. The zero-order valence-electron chi connectivity index (χ0n) is 11.4. The van der Waals surface area contributed by atoms with Crippen molar-refractivity contribution in [3.05, 3.63) is 57.5 Å². The average Bonchev–Trinajstić information content (AvgIpc) is 2.64. The maximum atomic E-state index is 11.9. The lowest BCUT2D eigenvalue weighted by molar-refractivity contribution is -0.384. The van der Waals surface area contributed by atoms with Gasteiger partial charge >= 0.3 is 5.97 Å². The third-order valence-corrected chi connectivity index (χ3v) is 2.89. The monoisotopic (exact) mass is 274 g/mol. The molecule has 0 saturated carbocycles. The standard InChI is InChI=1S/C14H14N2O4/c1-9-12(8-15(2)3)20-14(17)13(9)10-4-6-11(7-5-10)16(18)19/h4-8H,1-3H3. The largest absolute Gasteiger partial charge is 0.421 e. The fourth-order valence-corrected chi connectivity index (χ4v) is 1.95. The van der Waals surface area contributed by atoms with Crippen molar-refractivity contribution in [1.29, 1.82) is 0 Å². The number of allylic oxidation sites excluding steroid dienone is 1. The van der Waals surface area contributed by atoms with Crippen LogP contribution in [0.4, 0.5) is 5.69 Å². The summed E-state index contributed by atoms with van der Waals surface area (Å²) >= 11 is 0. The Bertz CT molecular complexity index is 627. The van der Waals surface area contributed by atoms with E-state index in [1.54, 1.807) is 30.2 Å². The van der Waals surface area contributed by atoms with Crippen molar-refractivity contribution in [3.8, 4) is 0 Å². The molecule has 104 valence electrons. The minimum atomic E-state index is -0.477. The first-order valence-electron chi connectivity index (χ1n) is 5.96. The molecule has 1 aromatic carbocycles. The molecule has 0 fully saturated rings. The zero-order valence-corrected chi connectivity index (χ0v) is 11.4. The topological polar surface area (TPSA) is 72.7 Å². The molecule has 0 atom stereocenters. The van der Waals surface area contributed by atoms with Gasteiger partial charge in [0.05, 0.1) is 10.5 Å². The van der Waals surface area contributed by atoms with Gasteiger partial charge in [-0.1, -0.05) is 0 Å². The maximum absolute atomic E-state index is 11.9. The number of rotatable bonds is 3.